The number of carboxylic acids is 1. The number of carbonyl (C=O) groups excluding carboxylic acids is 1. The van der Waals surface area contributed by atoms with Gasteiger partial charge in [0.25, 0.3) is 0 Å². The van der Waals surface area contributed by atoms with Gasteiger partial charge in [-0.3, -0.25) is 4.79 Å². The van der Waals surface area contributed by atoms with Gasteiger partial charge in [-0.1, -0.05) is 19.9 Å². The van der Waals surface area contributed by atoms with E-state index in [1.165, 1.54) is 6.08 Å². The number of aliphatic carboxylic acids is 1. The fraction of sp³-hybridized carbons (Fsp3) is 0.375. The monoisotopic (exact) mass is 275 g/mol. The van der Waals surface area contributed by atoms with Crippen molar-refractivity contribution >= 4 is 23.6 Å². The average Bonchev–Trinajstić information content (AvgIpc) is 2.36. The standard InChI is InChI=1S/C16H21NO3/c1-11(2)4-8-15(18)17-14-7-5-13(10-12(14)3)6-9-16(19)20/h5-7,9-11H,4,8H2,1-3H3,(H,17,18)(H,19,20). The Morgan fingerprint density at radius 2 is 2.05 bits per heavy atom. The minimum Gasteiger partial charge on any atom is -0.478 e. The van der Waals surface area contributed by atoms with Crippen LogP contribution in [0.1, 0.15) is 37.8 Å². The van der Waals surface area contributed by atoms with Crippen molar-refractivity contribution < 1.29 is 14.7 Å². The largest absolute Gasteiger partial charge is 0.478 e. The molecule has 0 spiro atoms. The van der Waals surface area contributed by atoms with Crippen molar-refractivity contribution in [3.8, 4) is 0 Å². The third-order valence-corrected chi connectivity index (χ3v) is 2.89. The van der Waals surface area contributed by atoms with Crippen LogP contribution in [0, 0.1) is 12.8 Å². The topological polar surface area (TPSA) is 66.4 Å². The molecule has 1 aromatic rings. The quantitative estimate of drug-likeness (QED) is 0.781. The minimum atomic E-state index is -0.978. The fourth-order valence-corrected chi connectivity index (χ4v) is 1.73. The number of benzene rings is 1. The molecule has 0 aliphatic rings. The lowest BCUT2D eigenvalue weighted by Gasteiger charge is -2.10. The van der Waals surface area contributed by atoms with Gasteiger partial charge in [-0.2, -0.15) is 0 Å². The summed E-state index contributed by atoms with van der Waals surface area (Å²) in [5.74, 6) is -0.463. The van der Waals surface area contributed by atoms with Crippen LogP contribution in [0.3, 0.4) is 0 Å². The number of aryl methyl sites for hydroxylation is 1. The summed E-state index contributed by atoms with van der Waals surface area (Å²) in [5.41, 5.74) is 2.48. The first-order chi connectivity index (χ1) is 9.38. The van der Waals surface area contributed by atoms with Gasteiger partial charge in [-0.05, 0) is 48.6 Å². The van der Waals surface area contributed by atoms with E-state index in [1.807, 2.05) is 13.0 Å². The van der Waals surface area contributed by atoms with Gasteiger partial charge >= 0.3 is 5.97 Å². The molecule has 0 unspecified atom stereocenters. The highest BCUT2D eigenvalue weighted by molar-refractivity contribution is 5.91. The Balaban J connectivity index is 2.68. The summed E-state index contributed by atoms with van der Waals surface area (Å²) in [7, 11) is 0. The van der Waals surface area contributed by atoms with Gasteiger partial charge in [-0.15, -0.1) is 0 Å². The smallest absolute Gasteiger partial charge is 0.328 e. The number of anilines is 1. The summed E-state index contributed by atoms with van der Waals surface area (Å²) in [6.45, 7) is 6.06. The molecule has 1 amide bonds. The van der Waals surface area contributed by atoms with E-state index in [2.05, 4.69) is 19.2 Å². The van der Waals surface area contributed by atoms with Gasteiger partial charge in [0.15, 0.2) is 0 Å². The molecule has 0 radical (unpaired) electrons. The first-order valence-corrected chi connectivity index (χ1v) is 6.70. The van der Waals surface area contributed by atoms with E-state index in [4.69, 9.17) is 5.11 Å². The summed E-state index contributed by atoms with van der Waals surface area (Å²) in [6, 6.07) is 5.42. The SMILES string of the molecule is Cc1cc(C=CC(=O)O)ccc1NC(=O)CCC(C)C. The second kappa shape index (κ2) is 7.48. The number of carboxylic acid groups (broad SMARTS) is 1. The predicted molar refractivity (Wildman–Crippen MR) is 80.6 cm³/mol. The van der Waals surface area contributed by atoms with E-state index in [0.29, 0.717) is 12.3 Å². The third-order valence-electron chi connectivity index (χ3n) is 2.89. The van der Waals surface area contributed by atoms with Crippen LogP contribution in [0.2, 0.25) is 0 Å². The normalized spacial score (nSPS) is 11.0. The highest BCUT2D eigenvalue weighted by atomic mass is 16.4. The predicted octanol–water partition coefficient (Wildman–Crippen LogP) is 3.47. The Bertz CT molecular complexity index is 518. The molecule has 20 heavy (non-hydrogen) atoms. The van der Waals surface area contributed by atoms with E-state index in [0.717, 1.165) is 29.3 Å². The maximum absolute atomic E-state index is 11.8. The molecule has 0 bridgehead atoms. The molecule has 4 nitrogen and oxygen atoms in total. The molecule has 0 atom stereocenters. The average molecular weight is 275 g/mol. The number of nitrogens with one attached hydrogen (secondary N) is 1. The van der Waals surface area contributed by atoms with Crippen molar-refractivity contribution in [3.63, 3.8) is 0 Å². The Morgan fingerprint density at radius 3 is 2.60 bits per heavy atom. The second-order valence-corrected chi connectivity index (χ2v) is 5.23. The number of amides is 1. The van der Waals surface area contributed by atoms with Crippen LogP contribution >= 0.6 is 0 Å². The lowest BCUT2D eigenvalue weighted by molar-refractivity contribution is -0.131. The van der Waals surface area contributed by atoms with Crippen LogP contribution in [-0.4, -0.2) is 17.0 Å². The van der Waals surface area contributed by atoms with Gasteiger partial charge in [-0.25, -0.2) is 4.79 Å². The Labute approximate surface area is 119 Å². The number of rotatable bonds is 6. The van der Waals surface area contributed by atoms with Crippen LogP contribution in [0.25, 0.3) is 6.08 Å². The molecule has 2 N–H and O–H groups in total. The summed E-state index contributed by atoms with van der Waals surface area (Å²) in [4.78, 5) is 22.2. The molecule has 1 aromatic carbocycles. The highest BCUT2D eigenvalue weighted by Crippen LogP contribution is 2.18. The van der Waals surface area contributed by atoms with Gasteiger partial charge in [0.2, 0.25) is 5.91 Å². The minimum absolute atomic E-state index is 0.00984. The van der Waals surface area contributed by atoms with Gasteiger partial charge < -0.3 is 10.4 Å². The van der Waals surface area contributed by atoms with Crippen LogP contribution < -0.4 is 5.32 Å². The Kier molecular flexibility index (Phi) is 5.97. The molecule has 4 heteroatoms. The molecule has 0 aromatic heterocycles. The van der Waals surface area contributed by atoms with Crippen molar-refractivity contribution in [2.24, 2.45) is 5.92 Å². The van der Waals surface area contributed by atoms with Crippen LogP contribution in [0.4, 0.5) is 5.69 Å². The lowest BCUT2D eigenvalue weighted by Crippen LogP contribution is -2.13. The molecular formula is C16H21NO3. The molecule has 0 heterocycles. The van der Waals surface area contributed by atoms with Crippen molar-refractivity contribution in [3.05, 3.63) is 35.4 Å². The van der Waals surface area contributed by atoms with Crippen molar-refractivity contribution in [2.45, 2.75) is 33.6 Å². The van der Waals surface area contributed by atoms with E-state index < -0.39 is 5.97 Å². The van der Waals surface area contributed by atoms with Crippen LogP contribution in [-0.2, 0) is 9.59 Å². The zero-order valence-corrected chi connectivity index (χ0v) is 12.1. The summed E-state index contributed by atoms with van der Waals surface area (Å²) < 4.78 is 0. The Hall–Kier alpha value is -2.10. The van der Waals surface area contributed by atoms with Crippen molar-refractivity contribution in [1.82, 2.24) is 0 Å². The maximum Gasteiger partial charge on any atom is 0.328 e. The molecule has 0 aliphatic carbocycles. The van der Waals surface area contributed by atoms with Gasteiger partial charge in [0.05, 0.1) is 0 Å². The molecular weight excluding hydrogens is 254 g/mol. The van der Waals surface area contributed by atoms with Crippen molar-refractivity contribution in [2.75, 3.05) is 5.32 Å². The fourth-order valence-electron chi connectivity index (χ4n) is 1.73. The molecule has 0 fully saturated rings. The van der Waals surface area contributed by atoms with E-state index in [9.17, 15) is 9.59 Å². The van der Waals surface area contributed by atoms with Gasteiger partial charge in [0, 0.05) is 18.2 Å². The number of carbonyl (C=O) groups is 2. The van der Waals surface area contributed by atoms with E-state index >= 15 is 0 Å². The van der Waals surface area contributed by atoms with Crippen LogP contribution in [0.15, 0.2) is 24.3 Å². The van der Waals surface area contributed by atoms with Gasteiger partial charge in [0.1, 0.15) is 0 Å². The second-order valence-electron chi connectivity index (χ2n) is 5.23. The molecule has 108 valence electrons. The molecule has 1 rings (SSSR count). The molecule has 0 saturated heterocycles. The van der Waals surface area contributed by atoms with Crippen molar-refractivity contribution in [1.29, 1.82) is 0 Å². The third kappa shape index (κ3) is 5.69. The molecule has 0 aliphatic heterocycles. The number of hydrogen-bond acceptors (Lipinski definition) is 2. The van der Waals surface area contributed by atoms with Crippen LogP contribution in [0.5, 0.6) is 0 Å². The lowest BCUT2D eigenvalue weighted by atomic mass is 10.1. The first-order valence-electron chi connectivity index (χ1n) is 6.70. The summed E-state index contributed by atoms with van der Waals surface area (Å²) >= 11 is 0. The Morgan fingerprint density at radius 1 is 1.35 bits per heavy atom. The summed E-state index contributed by atoms with van der Waals surface area (Å²) in [5, 5.41) is 11.5. The zero-order chi connectivity index (χ0) is 15.1. The van der Waals surface area contributed by atoms with E-state index in [-0.39, 0.29) is 5.91 Å². The molecule has 0 saturated carbocycles. The first kappa shape index (κ1) is 16.0. The highest BCUT2D eigenvalue weighted by Gasteiger charge is 2.06. The maximum atomic E-state index is 11.8. The van der Waals surface area contributed by atoms with E-state index in [1.54, 1.807) is 12.1 Å². The zero-order valence-electron chi connectivity index (χ0n) is 12.1. The summed E-state index contributed by atoms with van der Waals surface area (Å²) in [6.07, 6.45) is 4.00. The number of hydrogen-bond donors (Lipinski definition) is 2.